The summed E-state index contributed by atoms with van der Waals surface area (Å²) in [6.45, 7) is 2.34. The smallest absolute Gasteiger partial charge is 0.461 e. The second-order valence-electron chi connectivity index (χ2n) is 7.73. The van der Waals surface area contributed by atoms with Gasteiger partial charge in [-0.25, -0.2) is 9.97 Å². The molecular weight excluding hydrogens is 433 g/mol. The molecule has 0 atom stereocenters. The first kappa shape index (κ1) is 21.1. The molecule has 3 aromatic heterocycles. The first-order valence-electron chi connectivity index (χ1n) is 10.3. The van der Waals surface area contributed by atoms with Crippen LogP contribution in [0, 0.1) is 0 Å². The van der Waals surface area contributed by atoms with Crippen LogP contribution < -0.4 is 4.74 Å². The topological polar surface area (TPSA) is 64.3 Å². The fourth-order valence-electron chi connectivity index (χ4n) is 3.81. The number of hydrogen-bond acceptors (Lipinski definition) is 6. The molecule has 0 fully saturated rings. The number of aromatic nitrogens is 3. The van der Waals surface area contributed by atoms with Crippen molar-refractivity contribution in [2.24, 2.45) is 0 Å². The molecule has 0 spiro atoms. The number of ether oxygens (including phenoxy) is 1. The van der Waals surface area contributed by atoms with E-state index in [0.29, 0.717) is 22.8 Å². The third-order valence-corrected chi connectivity index (χ3v) is 5.37. The summed E-state index contributed by atoms with van der Waals surface area (Å²) >= 11 is 0. The molecule has 33 heavy (non-hydrogen) atoms. The van der Waals surface area contributed by atoms with E-state index in [-0.39, 0.29) is 5.75 Å². The summed E-state index contributed by atoms with van der Waals surface area (Å²) in [6.07, 6.45) is 1.38. The van der Waals surface area contributed by atoms with Crippen LogP contribution in [0.2, 0.25) is 0 Å². The van der Waals surface area contributed by atoms with Gasteiger partial charge in [-0.15, -0.1) is 13.2 Å². The minimum absolute atomic E-state index is 0.256. The zero-order valence-corrected chi connectivity index (χ0v) is 17.4. The Morgan fingerprint density at radius 2 is 1.85 bits per heavy atom. The maximum absolute atomic E-state index is 12.3. The van der Waals surface area contributed by atoms with Crippen LogP contribution in [0.5, 0.6) is 5.75 Å². The maximum Gasteiger partial charge on any atom is 0.573 e. The van der Waals surface area contributed by atoms with E-state index in [2.05, 4.69) is 24.6 Å². The molecule has 4 heterocycles. The third-order valence-electron chi connectivity index (χ3n) is 5.37. The number of hydrogen-bond donors (Lipinski definition) is 0. The van der Waals surface area contributed by atoms with E-state index in [4.69, 9.17) is 4.42 Å². The fraction of sp³-hybridized carbons (Fsp3) is 0.208. The maximum atomic E-state index is 12.3. The van der Waals surface area contributed by atoms with E-state index >= 15 is 0 Å². The molecule has 0 bridgehead atoms. The van der Waals surface area contributed by atoms with Crippen molar-refractivity contribution in [1.29, 1.82) is 0 Å². The van der Waals surface area contributed by atoms with E-state index in [1.54, 1.807) is 24.6 Å². The Bertz CT molecular complexity index is 1220. The van der Waals surface area contributed by atoms with Crippen LogP contribution in [0.25, 0.3) is 22.8 Å². The highest BCUT2D eigenvalue weighted by Crippen LogP contribution is 2.26. The van der Waals surface area contributed by atoms with Crippen molar-refractivity contribution in [3.63, 3.8) is 0 Å². The summed E-state index contributed by atoms with van der Waals surface area (Å²) in [6, 6.07) is 13.2. The highest BCUT2D eigenvalue weighted by Gasteiger charge is 2.31. The molecule has 0 unspecified atom stereocenters. The molecule has 0 saturated carbocycles. The number of rotatable bonds is 5. The Labute approximate surface area is 187 Å². The van der Waals surface area contributed by atoms with Crippen molar-refractivity contribution in [2.45, 2.75) is 25.9 Å². The number of benzene rings is 1. The van der Waals surface area contributed by atoms with Crippen LogP contribution in [0.3, 0.4) is 0 Å². The van der Waals surface area contributed by atoms with Crippen LogP contribution >= 0.6 is 0 Å². The van der Waals surface area contributed by atoms with Crippen molar-refractivity contribution in [3.8, 4) is 28.6 Å². The molecule has 168 valence electrons. The lowest BCUT2D eigenvalue weighted by atomic mass is 10.1. The van der Waals surface area contributed by atoms with E-state index in [1.165, 1.54) is 12.1 Å². The quantitative estimate of drug-likeness (QED) is 0.412. The number of alkyl halides is 3. The lowest BCUT2D eigenvalue weighted by molar-refractivity contribution is -0.274. The van der Waals surface area contributed by atoms with Gasteiger partial charge in [-0.2, -0.15) is 0 Å². The molecule has 4 aromatic rings. The largest absolute Gasteiger partial charge is 0.573 e. The molecule has 0 saturated heterocycles. The highest BCUT2D eigenvalue weighted by atomic mass is 19.4. The van der Waals surface area contributed by atoms with Gasteiger partial charge in [-0.05, 0) is 48.0 Å². The summed E-state index contributed by atoms with van der Waals surface area (Å²) < 4.78 is 46.2. The molecule has 0 amide bonds. The van der Waals surface area contributed by atoms with Crippen molar-refractivity contribution < 1.29 is 22.3 Å². The first-order valence-corrected chi connectivity index (χ1v) is 10.3. The fourth-order valence-corrected chi connectivity index (χ4v) is 3.81. The predicted octanol–water partition coefficient (Wildman–Crippen LogP) is 5.26. The molecule has 5 rings (SSSR count). The van der Waals surface area contributed by atoms with Crippen LogP contribution in [-0.2, 0) is 19.5 Å². The third kappa shape index (κ3) is 5.04. The predicted molar refractivity (Wildman–Crippen MR) is 114 cm³/mol. The zero-order chi connectivity index (χ0) is 22.8. The second-order valence-corrected chi connectivity index (χ2v) is 7.73. The summed E-state index contributed by atoms with van der Waals surface area (Å²) in [4.78, 5) is 15.9. The van der Waals surface area contributed by atoms with Crippen molar-refractivity contribution in [1.82, 2.24) is 19.9 Å². The van der Waals surface area contributed by atoms with Crippen LogP contribution in [-0.4, -0.2) is 32.8 Å². The van der Waals surface area contributed by atoms with Gasteiger partial charge in [0.1, 0.15) is 5.75 Å². The van der Waals surface area contributed by atoms with Crippen molar-refractivity contribution in [2.75, 3.05) is 6.54 Å². The summed E-state index contributed by atoms with van der Waals surface area (Å²) in [5.41, 5.74) is 4.58. The molecular formula is C24H19F3N4O2. The SMILES string of the molecule is FC(F)(F)Oc1ccc(-c2ccc(CN3CCc4nc(-c5ccco5)ncc4C3)cn2)cc1. The van der Waals surface area contributed by atoms with Gasteiger partial charge < -0.3 is 9.15 Å². The highest BCUT2D eigenvalue weighted by molar-refractivity contribution is 5.60. The van der Waals surface area contributed by atoms with E-state index in [0.717, 1.165) is 42.9 Å². The summed E-state index contributed by atoms with van der Waals surface area (Å²) in [7, 11) is 0. The molecule has 0 radical (unpaired) electrons. The van der Waals surface area contributed by atoms with Gasteiger partial charge in [0.05, 0.1) is 17.7 Å². The van der Waals surface area contributed by atoms with E-state index in [9.17, 15) is 13.2 Å². The number of pyridine rings is 1. The minimum Gasteiger partial charge on any atom is -0.461 e. The number of fused-ring (bicyclic) bond motifs is 1. The molecule has 9 heteroatoms. The average Bonchev–Trinajstić information content (AvgIpc) is 3.34. The molecule has 6 nitrogen and oxygen atoms in total. The zero-order valence-electron chi connectivity index (χ0n) is 17.4. The monoisotopic (exact) mass is 452 g/mol. The number of halogens is 3. The molecule has 0 N–H and O–H groups in total. The van der Waals surface area contributed by atoms with E-state index in [1.807, 2.05) is 30.5 Å². The van der Waals surface area contributed by atoms with Gasteiger partial charge in [0.25, 0.3) is 0 Å². The number of furan rings is 1. The first-order chi connectivity index (χ1) is 15.9. The molecule has 0 aliphatic carbocycles. The van der Waals surface area contributed by atoms with Crippen LogP contribution in [0.15, 0.2) is 71.6 Å². The van der Waals surface area contributed by atoms with Gasteiger partial charge in [0.15, 0.2) is 11.6 Å². The van der Waals surface area contributed by atoms with Gasteiger partial charge >= 0.3 is 6.36 Å². The van der Waals surface area contributed by atoms with Crippen molar-refractivity contribution >= 4 is 0 Å². The van der Waals surface area contributed by atoms with E-state index < -0.39 is 6.36 Å². The van der Waals surface area contributed by atoms with Gasteiger partial charge in [0, 0.05) is 49.6 Å². The lowest BCUT2D eigenvalue weighted by Gasteiger charge is -2.27. The standard InChI is InChI=1S/C24H19F3N4O2/c25-24(26,27)33-19-6-4-17(5-7-19)20-8-3-16(12-28-20)14-31-10-9-21-18(15-31)13-29-23(30-21)22-2-1-11-32-22/h1-8,11-13H,9-10,14-15H2. The van der Waals surface area contributed by atoms with Gasteiger partial charge in [-0.3, -0.25) is 9.88 Å². The normalized spacial score (nSPS) is 14.2. The molecule has 1 aliphatic heterocycles. The summed E-state index contributed by atoms with van der Waals surface area (Å²) in [5, 5.41) is 0. The summed E-state index contributed by atoms with van der Waals surface area (Å²) in [5.74, 6) is 1.01. The van der Waals surface area contributed by atoms with Crippen LogP contribution in [0.4, 0.5) is 13.2 Å². The Morgan fingerprint density at radius 3 is 2.55 bits per heavy atom. The average molecular weight is 452 g/mol. The van der Waals surface area contributed by atoms with Gasteiger partial charge in [-0.1, -0.05) is 6.07 Å². The Balaban J connectivity index is 1.22. The van der Waals surface area contributed by atoms with Gasteiger partial charge in [0.2, 0.25) is 0 Å². The Morgan fingerprint density at radius 1 is 1.00 bits per heavy atom. The molecule has 1 aliphatic rings. The minimum atomic E-state index is -4.70. The van der Waals surface area contributed by atoms with Crippen molar-refractivity contribution in [3.05, 3.63) is 84.0 Å². The Hall–Kier alpha value is -3.72. The molecule has 1 aromatic carbocycles. The van der Waals surface area contributed by atoms with Crippen LogP contribution in [0.1, 0.15) is 16.8 Å². The second kappa shape index (κ2) is 8.67. The Kier molecular flexibility index (Phi) is 5.55. The number of nitrogens with zero attached hydrogens (tertiary/aromatic N) is 4. The lowest BCUT2D eigenvalue weighted by Crippen LogP contribution is -2.31.